The number of nitrogens with zero attached hydrogens (tertiary/aromatic N) is 3. The van der Waals surface area contributed by atoms with Gasteiger partial charge in [-0.15, -0.1) is 5.10 Å². The summed E-state index contributed by atoms with van der Waals surface area (Å²) in [6.45, 7) is 4.54. The highest BCUT2D eigenvalue weighted by Gasteiger charge is 2.21. The molecule has 0 aliphatic carbocycles. The van der Waals surface area contributed by atoms with E-state index in [9.17, 15) is 4.79 Å². The average Bonchev–Trinajstić information content (AvgIpc) is 3.04. The number of hydrogen-bond acceptors (Lipinski definition) is 4. The zero-order valence-electron chi connectivity index (χ0n) is 14.1. The first-order valence-electron chi connectivity index (χ1n) is 8.49. The standard InChI is InChI=1S/C17H21Cl2N5O/c1-2-14-22-16(17(25)21-10-11-5-4-8-20-9-11)23-24(14)15-12(18)6-3-7-13(15)19/h3,6-7,11,20H,2,4-5,8-10H2,1H3,(H,21,25). The molecule has 1 atom stereocenters. The summed E-state index contributed by atoms with van der Waals surface area (Å²) >= 11 is 12.5. The molecule has 1 aliphatic heterocycles. The Morgan fingerprint density at radius 3 is 2.80 bits per heavy atom. The molecule has 0 bridgehead atoms. The quantitative estimate of drug-likeness (QED) is 0.834. The largest absolute Gasteiger partial charge is 0.349 e. The van der Waals surface area contributed by atoms with Crippen LogP contribution in [0, 0.1) is 5.92 Å². The number of piperidine rings is 1. The van der Waals surface area contributed by atoms with Gasteiger partial charge in [0.25, 0.3) is 5.91 Å². The predicted octanol–water partition coefficient (Wildman–Crippen LogP) is 2.87. The lowest BCUT2D eigenvalue weighted by Crippen LogP contribution is -2.38. The summed E-state index contributed by atoms with van der Waals surface area (Å²) in [5.74, 6) is 0.946. The van der Waals surface area contributed by atoms with Crippen LogP contribution in [0.15, 0.2) is 18.2 Å². The molecule has 3 rings (SSSR count). The van der Waals surface area contributed by atoms with Crippen molar-refractivity contribution in [2.24, 2.45) is 5.92 Å². The van der Waals surface area contributed by atoms with Crippen LogP contribution in [0.1, 0.15) is 36.2 Å². The molecule has 25 heavy (non-hydrogen) atoms. The lowest BCUT2D eigenvalue weighted by Gasteiger charge is -2.22. The minimum atomic E-state index is -0.276. The minimum Gasteiger partial charge on any atom is -0.349 e. The molecule has 134 valence electrons. The summed E-state index contributed by atoms with van der Waals surface area (Å²) in [7, 11) is 0. The number of aromatic nitrogens is 3. The third-order valence-electron chi connectivity index (χ3n) is 4.29. The van der Waals surface area contributed by atoms with Gasteiger partial charge in [0.05, 0.1) is 10.0 Å². The Labute approximate surface area is 156 Å². The number of aryl methyl sites for hydroxylation is 1. The van der Waals surface area contributed by atoms with Crippen molar-refractivity contribution in [2.45, 2.75) is 26.2 Å². The van der Waals surface area contributed by atoms with E-state index in [1.807, 2.05) is 6.92 Å². The van der Waals surface area contributed by atoms with Crippen LogP contribution in [0.5, 0.6) is 0 Å². The van der Waals surface area contributed by atoms with Gasteiger partial charge in [-0.1, -0.05) is 36.2 Å². The third kappa shape index (κ3) is 4.14. The van der Waals surface area contributed by atoms with Crippen molar-refractivity contribution in [2.75, 3.05) is 19.6 Å². The van der Waals surface area contributed by atoms with Gasteiger partial charge in [-0.3, -0.25) is 4.79 Å². The first kappa shape index (κ1) is 18.2. The second kappa shape index (κ2) is 8.17. The Morgan fingerprint density at radius 1 is 1.40 bits per heavy atom. The van der Waals surface area contributed by atoms with E-state index in [0.717, 1.165) is 25.9 Å². The minimum absolute atomic E-state index is 0.136. The van der Waals surface area contributed by atoms with Crippen molar-refractivity contribution in [3.63, 3.8) is 0 Å². The Bertz CT molecular complexity index is 735. The second-order valence-corrected chi connectivity index (χ2v) is 6.92. The van der Waals surface area contributed by atoms with Gasteiger partial charge in [0, 0.05) is 13.0 Å². The molecule has 1 aromatic carbocycles. The van der Waals surface area contributed by atoms with Crippen molar-refractivity contribution in [3.8, 4) is 5.69 Å². The Balaban J connectivity index is 1.79. The highest BCUT2D eigenvalue weighted by atomic mass is 35.5. The summed E-state index contributed by atoms with van der Waals surface area (Å²) in [5.41, 5.74) is 0.547. The summed E-state index contributed by atoms with van der Waals surface area (Å²) in [5, 5.41) is 11.5. The van der Waals surface area contributed by atoms with Gasteiger partial charge in [0.1, 0.15) is 11.5 Å². The van der Waals surface area contributed by atoms with E-state index < -0.39 is 0 Å². The Hall–Kier alpha value is -1.63. The molecule has 1 amide bonds. The maximum absolute atomic E-state index is 12.4. The third-order valence-corrected chi connectivity index (χ3v) is 4.90. The highest BCUT2D eigenvalue weighted by molar-refractivity contribution is 6.37. The molecule has 6 nitrogen and oxygen atoms in total. The molecule has 8 heteroatoms. The number of para-hydroxylation sites is 1. The van der Waals surface area contributed by atoms with Crippen LogP contribution in [0.3, 0.4) is 0 Å². The molecule has 2 aromatic rings. The fourth-order valence-electron chi connectivity index (χ4n) is 2.95. The fraction of sp³-hybridized carbons (Fsp3) is 0.471. The summed E-state index contributed by atoms with van der Waals surface area (Å²) in [4.78, 5) is 16.8. The average molecular weight is 382 g/mol. The van der Waals surface area contributed by atoms with E-state index in [-0.39, 0.29) is 11.7 Å². The molecule has 0 radical (unpaired) electrons. The zero-order valence-corrected chi connectivity index (χ0v) is 15.6. The molecule has 1 unspecified atom stereocenters. The molecular weight excluding hydrogens is 361 g/mol. The zero-order chi connectivity index (χ0) is 17.8. The van der Waals surface area contributed by atoms with Gasteiger partial charge >= 0.3 is 0 Å². The molecule has 1 aliphatic rings. The van der Waals surface area contributed by atoms with E-state index in [4.69, 9.17) is 23.2 Å². The molecule has 2 heterocycles. The highest BCUT2D eigenvalue weighted by Crippen LogP contribution is 2.28. The fourth-order valence-corrected chi connectivity index (χ4v) is 3.51. The number of carbonyl (C=O) groups excluding carboxylic acids is 1. The first-order valence-corrected chi connectivity index (χ1v) is 9.25. The lowest BCUT2D eigenvalue weighted by molar-refractivity contribution is 0.0934. The summed E-state index contributed by atoms with van der Waals surface area (Å²) < 4.78 is 1.56. The monoisotopic (exact) mass is 381 g/mol. The van der Waals surface area contributed by atoms with Crippen molar-refractivity contribution < 1.29 is 4.79 Å². The van der Waals surface area contributed by atoms with Crippen LogP contribution >= 0.6 is 23.2 Å². The van der Waals surface area contributed by atoms with Gasteiger partial charge in [-0.25, -0.2) is 9.67 Å². The Morgan fingerprint density at radius 2 is 2.16 bits per heavy atom. The van der Waals surface area contributed by atoms with E-state index in [1.54, 1.807) is 22.9 Å². The molecule has 2 N–H and O–H groups in total. The van der Waals surface area contributed by atoms with E-state index in [1.165, 1.54) is 0 Å². The maximum atomic E-state index is 12.4. The molecule has 1 fully saturated rings. The van der Waals surface area contributed by atoms with Gasteiger partial charge < -0.3 is 10.6 Å². The van der Waals surface area contributed by atoms with Crippen LogP contribution in [0.25, 0.3) is 5.69 Å². The van der Waals surface area contributed by atoms with E-state index in [2.05, 4.69) is 20.7 Å². The molecule has 1 saturated heterocycles. The Kier molecular flexibility index (Phi) is 5.93. The SMILES string of the molecule is CCc1nc(C(=O)NCC2CCCNC2)nn1-c1c(Cl)cccc1Cl. The van der Waals surface area contributed by atoms with Gasteiger partial charge in [0.15, 0.2) is 0 Å². The number of nitrogens with one attached hydrogen (secondary N) is 2. The van der Waals surface area contributed by atoms with Crippen molar-refractivity contribution in [1.82, 2.24) is 25.4 Å². The van der Waals surface area contributed by atoms with Gasteiger partial charge in [-0.05, 0) is 44.0 Å². The number of carbonyl (C=O) groups is 1. The van der Waals surface area contributed by atoms with Crippen LogP contribution in [0.4, 0.5) is 0 Å². The molecule has 0 saturated carbocycles. The van der Waals surface area contributed by atoms with Crippen molar-refractivity contribution in [1.29, 1.82) is 0 Å². The van der Waals surface area contributed by atoms with Crippen LogP contribution in [-0.2, 0) is 6.42 Å². The maximum Gasteiger partial charge on any atom is 0.290 e. The van der Waals surface area contributed by atoms with E-state index >= 15 is 0 Å². The number of hydrogen-bond donors (Lipinski definition) is 2. The van der Waals surface area contributed by atoms with E-state index in [0.29, 0.717) is 40.4 Å². The van der Waals surface area contributed by atoms with Crippen molar-refractivity contribution in [3.05, 3.63) is 39.9 Å². The number of amides is 1. The predicted molar refractivity (Wildman–Crippen MR) is 98.7 cm³/mol. The van der Waals surface area contributed by atoms with Crippen LogP contribution in [0.2, 0.25) is 10.0 Å². The summed E-state index contributed by atoms with van der Waals surface area (Å²) in [6, 6.07) is 5.24. The number of rotatable bonds is 5. The molecular formula is C17H21Cl2N5O. The van der Waals surface area contributed by atoms with Gasteiger partial charge in [-0.2, -0.15) is 0 Å². The lowest BCUT2D eigenvalue weighted by atomic mass is 10.00. The second-order valence-electron chi connectivity index (χ2n) is 6.11. The number of halogens is 2. The topological polar surface area (TPSA) is 71.8 Å². The first-order chi connectivity index (χ1) is 12.1. The molecule has 0 spiro atoms. The number of benzene rings is 1. The van der Waals surface area contributed by atoms with Crippen molar-refractivity contribution >= 4 is 29.1 Å². The normalized spacial score (nSPS) is 17.5. The molecule has 1 aromatic heterocycles. The summed E-state index contributed by atoms with van der Waals surface area (Å²) in [6.07, 6.45) is 2.86. The van der Waals surface area contributed by atoms with Gasteiger partial charge in [0.2, 0.25) is 5.82 Å². The smallest absolute Gasteiger partial charge is 0.290 e. The van der Waals surface area contributed by atoms with Crippen LogP contribution < -0.4 is 10.6 Å². The van der Waals surface area contributed by atoms with Crippen LogP contribution in [-0.4, -0.2) is 40.3 Å².